The summed E-state index contributed by atoms with van der Waals surface area (Å²) in [4.78, 5) is 27.1. The molecule has 0 aliphatic heterocycles. The number of amides is 1. The Kier molecular flexibility index (Phi) is 3.81. The molecule has 1 heterocycles. The number of hydrogen-bond donors (Lipinski definition) is 2. The molecule has 0 spiro atoms. The maximum absolute atomic E-state index is 12.3. The first-order chi connectivity index (χ1) is 10.5. The second-order valence-electron chi connectivity index (χ2n) is 5.07. The highest BCUT2D eigenvalue weighted by molar-refractivity contribution is 9.10. The molecule has 0 atom stereocenters. The van der Waals surface area contributed by atoms with Crippen molar-refractivity contribution in [3.63, 3.8) is 0 Å². The third-order valence-corrected chi connectivity index (χ3v) is 3.82. The molecule has 0 fully saturated rings. The zero-order valence-electron chi connectivity index (χ0n) is 11.8. The van der Waals surface area contributed by atoms with Gasteiger partial charge in [0.25, 0.3) is 11.5 Å². The van der Waals surface area contributed by atoms with Gasteiger partial charge in [-0.15, -0.1) is 0 Å². The summed E-state index contributed by atoms with van der Waals surface area (Å²) < 4.78 is 0.886. The summed E-state index contributed by atoms with van der Waals surface area (Å²) in [5.41, 5.74) is 2.08. The molecule has 0 unspecified atom stereocenters. The molecule has 1 aromatic heterocycles. The van der Waals surface area contributed by atoms with E-state index in [0.717, 1.165) is 15.4 Å². The predicted molar refractivity (Wildman–Crippen MR) is 91.4 cm³/mol. The third-order valence-electron chi connectivity index (χ3n) is 3.33. The van der Waals surface area contributed by atoms with Gasteiger partial charge in [0.2, 0.25) is 0 Å². The van der Waals surface area contributed by atoms with Gasteiger partial charge in [0, 0.05) is 21.1 Å². The second kappa shape index (κ2) is 5.77. The van der Waals surface area contributed by atoms with Crippen molar-refractivity contribution >= 4 is 38.4 Å². The molecule has 0 radical (unpaired) electrons. The van der Waals surface area contributed by atoms with E-state index in [0.29, 0.717) is 11.2 Å². The lowest BCUT2D eigenvalue weighted by molar-refractivity contribution is 0.102. The first-order valence-corrected chi connectivity index (χ1v) is 7.53. The minimum absolute atomic E-state index is 0.0899. The monoisotopic (exact) mass is 356 g/mol. The number of hydrogen-bond acceptors (Lipinski definition) is 2. The van der Waals surface area contributed by atoms with Gasteiger partial charge in [-0.1, -0.05) is 28.1 Å². The van der Waals surface area contributed by atoms with Crippen LogP contribution in [0.3, 0.4) is 0 Å². The summed E-state index contributed by atoms with van der Waals surface area (Å²) in [5, 5.41) is 3.54. The van der Waals surface area contributed by atoms with Crippen molar-refractivity contribution < 1.29 is 4.79 Å². The van der Waals surface area contributed by atoms with Gasteiger partial charge >= 0.3 is 0 Å². The summed E-state index contributed by atoms with van der Waals surface area (Å²) in [6, 6.07) is 14.5. The summed E-state index contributed by atoms with van der Waals surface area (Å²) in [7, 11) is 0. The molecule has 0 aliphatic rings. The van der Waals surface area contributed by atoms with Crippen LogP contribution in [0, 0.1) is 6.92 Å². The molecule has 1 amide bonds. The van der Waals surface area contributed by atoms with Crippen LogP contribution >= 0.6 is 15.9 Å². The van der Waals surface area contributed by atoms with Crippen LogP contribution in [0.25, 0.3) is 10.9 Å². The zero-order chi connectivity index (χ0) is 15.7. The van der Waals surface area contributed by atoms with E-state index in [4.69, 9.17) is 0 Å². The second-order valence-corrected chi connectivity index (χ2v) is 5.98. The summed E-state index contributed by atoms with van der Waals surface area (Å²) in [5.74, 6) is -0.422. The van der Waals surface area contributed by atoms with E-state index in [1.807, 2.05) is 37.3 Å². The fourth-order valence-corrected chi connectivity index (χ4v) is 2.65. The smallest absolute Gasteiger partial charge is 0.261 e. The number of aromatic amines is 1. The van der Waals surface area contributed by atoms with Crippen LogP contribution in [0.2, 0.25) is 0 Å². The third kappa shape index (κ3) is 2.94. The Morgan fingerprint density at radius 2 is 1.95 bits per heavy atom. The zero-order valence-corrected chi connectivity index (χ0v) is 13.4. The SMILES string of the molecule is Cc1cccc(NC(=O)c2cc3cc(Br)ccc3[nH]c2=O)c1. The molecule has 22 heavy (non-hydrogen) atoms. The minimum Gasteiger partial charge on any atom is -0.322 e. The van der Waals surface area contributed by atoms with Gasteiger partial charge in [0.1, 0.15) is 5.56 Å². The number of rotatable bonds is 2. The Balaban J connectivity index is 2.00. The average Bonchev–Trinajstić information content (AvgIpc) is 2.47. The first-order valence-electron chi connectivity index (χ1n) is 6.73. The van der Waals surface area contributed by atoms with Crippen molar-refractivity contribution in [1.29, 1.82) is 0 Å². The van der Waals surface area contributed by atoms with Crippen molar-refractivity contribution in [2.45, 2.75) is 6.92 Å². The Labute approximate surface area is 135 Å². The first kappa shape index (κ1) is 14.5. The van der Waals surface area contributed by atoms with Gasteiger partial charge in [0.15, 0.2) is 0 Å². The number of carbonyl (C=O) groups is 1. The van der Waals surface area contributed by atoms with Crippen molar-refractivity contribution in [2.75, 3.05) is 5.32 Å². The number of halogens is 1. The van der Waals surface area contributed by atoms with E-state index in [1.165, 1.54) is 0 Å². The number of benzene rings is 2. The Morgan fingerprint density at radius 1 is 1.14 bits per heavy atom. The van der Waals surface area contributed by atoms with E-state index >= 15 is 0 Å². The van der Waals surface area contributed by atoms with E-state index in [1.54, 1.807) is 18.2 Å². The van der Waals surface area contributed by atoms with Gasteiger partial charge in [-0.05, 0) is 48.9 Å². The molecule has 110 valence electrons. The van der Waals surface area contributed by atoms with E-state index in [2.05, 4.69) is 26.2 Å². The lowest BCUT2D eigenvalue weighted by Crippen LogP contribution is -2.23. The highest BCUT2D eigenvalue weighted by atomic mass is 79.9. The number of nitrogens with one attached hydrogen (secondary N) is 2. The van der Waals surface area contributed by atoms with Gasteiger partial charge in [-0.25, -0.2) is 0 Å². The van der Waals surface area contributed by atoms with Crippen LogP contribution in [-0.2, 0) is 0 Å². The maximum atomic E-state index is 12.3. The van der Waals surface area contributed by atoms with Crippen LogP contribution in [0.5, 0.6) is 0 Å². The standard InChI is InChI=1S/C17H13BrN2O2/c1-10-3-2-4-13(7-10)19-16(21)14-9-11-8-12(18)5-6-15(11)20-17(14)22/h2-9H,1H3,(H,19,21)(H,20,22). The van der Waals surface area contributed by atoms with Crippen LogP contribution in [0.15, 0.2) is 57.8 Å². The number of anilines is 1. The molecule has 0 saturated carbocycles. The van der Waals surface area contributed by atoms with Gasteiger partial charge < -0.3 is 10.3 Å². The number of aryl methyl sites for hydroxylation is 1. The highest BCUT2D eigenvalue weighted by Crippen LogP contribution is 2.18. The largest absolute Gasteiger partial charge is 0.322 e. The molecule has 3 aromatic rings. The fraction of sp³-hybridized carbons (Fsp3) is 0.0588. The summed E-state index contributed by atoms with van der Waals surface area (Å²) in [6.07, 6.45) is 0. The summed E-state index contributed by atoms with van der Waals surface area (Å²) in [6.45, 7) is 1.94. The molecule has 0 bridgehead atoms. The van der Waals surface area contributed by atoms with Crippen LogP contribution in [0.4, 0.5) is 5.69 Å². The topological polar surface area (TPSA) is 62.0 Å². The van der Waals surface area contributed by atoms with Gasteiger partial charge in [-0.2, -0.15) is 0 Å². The number of fused-ring (bicyclic) bond motifs is 1. The normalized spacial score (nSPS) is 10.6. The van der Waals surface area contributed by atoms with Crippen molar-refractivity contribution in [3.8, 4) is 0 Å². The molecular formula is C17H13BrN2O2. The van der Waals surface area contributed by atoms with Crippen molar-refractivity contribution in [1.82, 2.24) is 4.98 Å². The molecule has 3 rings (SSSR count). The molecule has 4 nitrogen and oxygen atoms in total. The predicted octanol–water partition coefficient (Wildman–Crippen LogP) is 3.85. The number of aromatic nitrogens is 1. The van der Waals surface area contributed by atoms with Crippen LogP contribution in [-0.4, -0.2) is 10.9 Å². The molecular weight excluding hydrogens is 344 g/mol. The van der Waals surface area contributed by atoms with Gasteiger partial charge in [0.05, 0.1) is 0 Å². The Morgan fingerprint density at radius 3 is 2.73 bits per heavy atom. The van der Waals surface area contributed by atoms with Crippen LogP contribution in [0.1, 0.15) is 15.9 Å². The quantitative estimate of drug-likeness (QED) is 0.732. The van der Waals surface area contributed by atoms with E-state index in [9.17, 15) is 9.59 Å². The lowest BCUT2D eigenvalue weighted by Gasteiger charge is -2.07. The Bertz CT molecular complexity index is 931. The number of pyridine rings is 1. The lowest BCUT2D eigenvalue weighted by atomic mass is 10.1. The molecule has 2 aromatic carbocycles. The molecule has 2 N–H and O–H groups in total. The molecule has 0 aliphatic carbocycles. The van der Waals surface area contributed by atoms with Gasteiger partial charge in [-0.3, -0.25) is 9.59 Å². The maximum Gasteiger partial charge on any atom is 0.261 e. The minimum atomic E-state index is -0.422. The fourth-order valence-electron chi connectivity index (χ4n) is 2.27. The van der Waals surface area contributed by atoms with E-state index in [-0.39, 0.29) is 5.56 Å². The number of carbonyl (C=O) groups excluding carboxylic acids is 1. The molecule has 5 heteroatoms. The number of H-pyrrole nitrogens is 1. The van der Waals surface area contributed by atoms with E-state index < -0.39 is 11.5 Å². The van der Waals surface area contributed by atoms with Crippen LogP contribution < -0.4 is 10.9 Å². The van der Waals surface area contributed by atoms with Crippen molar-refractivity contribution in [3.05, 3.63) is 74.5 Å². The highest BCUT2D eigenvalue weighted by Gasteiger charge is 2.12. The van der Waals surface area contributed by atoms with Crippen molar-refractivity contribution in [2.24, 2.45) is 0 Å². The molecule has 0 saturated heterocycles. The Hall–Kier alpha value is -2.40. The summed E-state index contributed by atoms with van der Waals surface area (Å²) >= 11 is 3.38. The average molecular weight is 357 g/mol.